The lowest BCUT2D eigenvalue weighted by Crippen LogP contribution is -2.68. The predicted octanol–water partition coefficient (Wildman–Crippen LogP) is -2.25. The quantitative estimate of drug-likeness (QED) is 0.0401. The zero-order chi connectivity index (χ0) is 62.9. The van der Waals surface area contributed by atoms with Gasteiger partial charge >= 0.3 is 11.9 Å². The first-order valence-electron chi connectivity index (χ1n) is 30.5. The molecule has 0 aromatic rings. The minimum absolute atomic E-state index is 0.0159. The topological polar surface area (TPSA) is 427 Å². The van der Waals surface area contributed by atoms with Crippen LogP contribution in [0.4, 0.5) is 0 Å². The molecule has 86 heavy (non-hydrogen) atoms. The molecule has 5 heterocycles. The van der Waals surface area contributed by atoms with E-state index in [2.05, 4.69) is 40.7 Å². The number of aliphatic hydroxyl groups excluding tert-OH is 13. The van der Waals surface area contributed by atoms with E-state index >= 15 is 4.79 Å². The molecule has 0 bridgehead atoms. The molecule has 0 aromatic carbocycles. The molecule has 490 valence electrons. The number of hydrogen-bond donors (Lipinski definition) is 14. The number of aldehydes is 1. The first kappa shape index (κ1) is 66.4. The molecule has 5 aliphatic carbocycles. The maximum absolute atomic E-state index is 15.5. The average molecular weight is 1230 g/mol. The number of carboxylic acid groups (broad SMARTS) is 1. The fraction of sp³-hybridized carbons (Fsp3) is 0.915. The van der Waals surface area contributed by atoms with Gasteiger partial charge in [0.15, 0.2) is 37.4 Å². The molecule has 5 saturated heterocycles. The van der Waals surface area contributed by atoms with Crippen LogP contribution in [-0.2, 0) is 61.8 Å². The monoisotopic (exact) mass is 1230 g/mol. The molecular weight excluding hydrogens is 1140 g/mol. The zero-order valence-corrected chi connectivity index (χ0v) is 49.9. The Bertz CT molecular complexity index is 2490. The summed E-state index contributed by atoms with van der Waals surface area (Å²) >= 11 is 0. The van der Waals surface area contributed by atoms with Gasteiger partial charge in [-0.3, -0.25) is 4.79 Å². The van der Waals surface area contributed by atoms with E-state index in [0.717, 1.165) is 11.9 Å². The van der Waals surface area contributed by atoms with Crippen LogP contribution < -0.4 is 0 Å². The second-order valence-electron chi connectivity index (χ2n) is 28.3. The highest BCUT2D eigenvalue weighted by Crippen LogP contribution is 2.76. The Kier molecular flexibility index (Phi) is 18.7. The standard InChI is InChI=1S/C59H92O27/c1-23-32(63)36(67)45(84-49-42(73)39(70)43(24(2)79-49)82-48-40(71)33(64)27(62)21-77-48)51(78-23)86-53(76)59-17-15-54(3,4)19-26(59)25-9-10-30-55(5)13-12-31(56(6,22-61)29(55)11-14-58(30,8)57(25,7)16-18-59)81-52-46(38(69)37(68)44(83-52)47(74)75)85-50-41(72)35(66)34(65)28(20-60)80-50/h9,22-24,26-46,48-52,60,62-73H,10-21H2,1-8H3,(H,74,75). The zero-order valence-electron chi connectivity index (χ0n) is 49.9. The van der Waals surface area contributed by atoms with E-state index < -0.39 is 199 Å². The van der Waals surface area contributed by atoms with Crippen LogP contribution >= 0.6 is 0 Å². The van der Waals surface area contributed by atoms with E-state index in [-0.39, 0.29) is 36.2 Å². The Hall–Kier alpha value is -2.53. The van der Waals surface area contributed by atoms with Gasteiger partial charge in [0, 0.05) is 0 Å². The van der Waals surface area contributed by atoms with Crippen LogP contribution in [0.2, 0.25) is 0 Å². The van der Waals surface area contributed by atoms with Crippen LogP contribution in [0.15, 0.2) is 11.6 Å². The molecule has 4 saturated carbocycles. The fourth-order valence-electron chi connectivity index (χ4n) is 17.5. The summed E-state index contributed by atoms with van der Waals surface area (Å²) in [6, 6.07) is 0. The van der Waals surface area contributed by atoms with Crippen molar-refractivity contribution in [2.45, 2.75) is 273 Å². The molecule has 27 heteroatoms. The largest absolute Gasteiger partial charge is 0.479 e. The number of carbonyl (C=O) groups excluding carboxylic acids is 2. The fourth-order valence-corrected chi connectivity index (χ4v) is 17.5. The average Bonchev–Trinajstić information content (AvgIpc) is 0.721. The maximum Gasteiger partial charge on any atom is 0.335 e. The molecule has 10 rings (SSSR count). The summed E-state index contributed by atoms with van der Waals surface area (Å²) < 4.78 is 59.7. The number of aliphatic carboxylic acids is 1. The van der Waals surface area contributed by atoms with Gasteiger partial charge < -0.3 is 124 Å². The van der Waals surface area contributed by atoms with Crippen LogP contribution in [0.5, 0.6) is 0 Å². The SMILES string of the molecule is CC1OC(OC(=O)C23CCC(C)(C)CC2C2=CCC4C5(C)CCC(OC6OC(C(=O)O)C(O)C(O)C6OC6OC(CO)C(O)C(O)C6O)C(C)(C=O)C5CCC4(C)C2(C)CC3)C(OC2OC(C)C(OC3OCC(O)C(O)C3O)C(O)C2O)C(O)C1O. The van der Waals surface area contributed by atoms with E-state index in [4.69, 9.17) is 47.4 Å². The molecule has 9 fully saturated rings. The molecule has 10 aliphatic rings. The number of hydrogen-bond acceptors (Lipinski definition) is 26. The third-order valence-electron chi connectivity index (χ3n) is 23.0. The summed E-state index contributed by atoms with van der Waals surface area (Å²) in [5.41, 5.74) is -2.83. The summed E-state index contributed by atoms with van der Waals surface area (Å²) in [7, 11) is 0. The summed E-state index contributed by atoms with van der Waals surface area (Å²) in [4.78, 5) is 41.8. The van der Waals surface area contributed by atoms with E-state index in [1.807, 2.05) is 0 Å². The third-order valence-corrected chi connectivity index (χ3v) is 23.0. The van der Waals surface area contributed by atoms with Crippen LogP contribution in [0.3, 0.4) is 0 Å². The van der Waals surface area contributed by atoms with Gasteiger partial charge in [-0.1, -0.05) is 53.2 Å². The minimum atomic E-state index is -2.08. The molecule has 0 amide bonds. The lowest BCUT2D eigenvalue weighted by Gasteiger charge is -2.71. The van der Waals surface area contributed by atoms with Gasteiger partial charge in [-0.05, 0) is 117 Å². The van der Waals surface area contributed by atoms with Crippen molar-refractivity contribution in [3.05, 3.63) is 11.6 Å². The van der Waals surface area contributed by atoms with E-state index in [9.17, 15) is 81.1 Å². The normalized spacial score (nSPS) is 54.6. The molecule has 33 atom stereocenters. The van der Waals surface area contributed by atoms with Crippen LogP contribution in [0, 0.1) is 50.2 Å². The summed E-state index contributed by atoms with van der Waals surface area (Å²) in [6.45, 7) is 14.7. The van der Waals surface area contributed by atoms with Crippen molar-refractivity contribution >= 4 is 18.2 Å². The predicted molar refractivity (Wildman–Crippen MR) is 288 cm³/mol. The second-order valence-corrected chi connectivity index (χ2v) is 28.3. The smallest absolute Gasteiger partial charge is 0.335 e. The van der Waals surface area contributed by atoms with Gasteiger partial charge in [-0.2, -0.15) is 0 Å². The number of carboxylic acids is 1. The molecule has 14 N–H and O–H groups in total. The van der Waals surface area contributed by atoms with Crippen molar-refractivity contribution in [2.24, 2.45) is 50.2 Å². The molecule has 27 nitrogen and oxygen atoms in total. The molecule has 33 unspecified atom stereocenters. The first-order chi connectivity index (χ1) is 40.2. The Morgan fingerprint density at radius 3 is 1.85 bits per heavy atom. The van der Waals surface area contributed by atoms with Crippen molar-refractivity contribution < 1.29 is 133 Å². The second kappa shape index (κ2) is 24.2. The Labute approximate surface area is 498 Å². The summed E-state index contributed by atoms with van der Waals surface area (Å²) in [6.07, 6.45) is -32.8. The Morgan fingerprint density at radius 2 is 1.19 bits per heavy atom. The van der Waals surface area contributed by atoms with Gasteiger partial charge in [0.1, 0.15) is 97.8 Å². The number of ether oxygens (including phenoxy) is 10. The van der Waals surface area contributed by atoms with Gasteiger partial charge in [-0.25, -0.2) is 4.79 Å². The van der Waals surface area contributed by atoms with E-state index in [1.54, 1.807) is 6.92 Å². The van der Waals surface area contributed by atoms with E-state index in [0.29, 0.717) is 57.8 Å². The van der Waals surface area contributed by atoms with Gasteiger partial charge in [-0.15, -0.1) is 0 Å². The summed E-state index contributed by atoms with van der Waals surface area (Å²) in [5.74, 6) is -2.90. The summed E-state index contributed by atoms with van der Waals surface area (Å²) in [5, 5.41) is 150. The Morgan fingerprint density at radius 1 is 0.593 bits per heavy atom. The van der Waals surface area contributed by atoms with Crippen molar-refractivity contribution in [2.75, 3.05) is 13.2 Å². The number of rotatable bonds is 13. The van der Waals surface area contributed by atoms with Crippen molar-refractivity contribution in [3.63, 3.8) is 0 Å². The molecule has 0 aromatic heterocycles. The van der Waals surface area contributed by atoms with E-state index in [1.165, 1.54) is 13.8 Å². The number of esters is 1. The Balaban J connectivity index is 0.882. The highest BCUT2D eigenvalue weighted by Gasteiger charge is 2.71. The third kappa shape index (κ3) is 10.9. The molecule has 5 aliphatic heterocycles. The maximum atomic E-state index is 15.5. The van der Waals surface area contributed by atoms with Crippen LogP contribution in [0.1, 0.15) is 120 Å². The number of fused-ring (bicyclic) bond motifs is 7. The van der Waals surface area contributed by atoms with Crippen molar-refractivity contribution in [1.29, 1.82) is 0 Å². The van der Waals surface area contributed by atoms with Gasteiger partial charge in [0.2, 0.25) is 6.29 Å². The number of allylic oxidation sites excluding steroid dienone is 2. The first-order valence-corrected chi connectivity index (χ1v) is 30.5. The number of carbonyl (C=O) groups is 3. The van der Waals surface area contributed by atoms with Gasteiger partial charge in [0.25, 0.3) is 0 Å². The molecular formula is C59H92O27. The van der Waals surface area contributed by atoms with Crippen LogP contribution in [-0.4, -0.2) is 256 Å². The lowest BCUT2D eigenvalue weighted by molar-refractivity contribution is -0.373. The minimum Gasteiger partial charge on any atom is -0.479 e. The molecule has 0 radical (unpaired) electrons. The highest BCUT2D eigenvalue weighted by atomic mass is 16.8. The van der Waals surface area contributed by atoms with Crippen molar-refractivity contribution in [1.82, 2.24) is 0 Å². The molecule has 0 spiro atoms. The van der Waals surface area contributed by atoms with Crippen molar-refractivity contribution in [3.8, 4) is 0 Å². The lowest BCUT2D eigenvalue weighted by atomic mass is 9.33. The highest BCUT2D eigenvalue weighted by molar-refractivity contribution is 5.79. The van der Waals surface area contributed by atoms with Gasteiger partial charge in [0.05, 0.1) is 42.4 Å². The number of aliphatic hydroxyl groups is 13. The van der Waals surface area contributed by atoms with Crippen LogP contribution in [0.25, 0.3) is 0 Å².